The van der Waals surface area contributed by atoms with Crippen molar-refractivity contribution in [3.63, 3.8) is 0 Å². The Balaban J connectivity index is 1.42. The smallest absolute Gasteiger partial charge is 0.265 e. The fraction of sp³-hybridized carbons (Fsp3) is 0.174. The summed E-state index contributed by atoms with van der Waals surface area (Å²) in [6.45, 7) is 0.0130. The Morgan fingerprint density at radius 2 is 1.84 bits per heavy atom. The molecule has 0 saturated carbocycles. The Labute approximate surface area is 195 Å². The van der Waals surface area contributed by atoms with Crippen molar-refractivity contribution in [1.82, 2.24) is 5.32 Å². The van der Waals surface area contributed by atoms with E-state index < -0.39 is 21.7 Å². The zero-order chi connectivity index (χ0) is 22.7. The molecule has 1 amide bonds. The molecule has 1 aliphatic rings. The second kappa shape index (κ2) is 9.52. The van der Waals surface area contributed by atoms with E-state index in [0.717, 1.165) is 15.6 Å². The lowest BCUT2D eigenvalue weighted by Crippen LogP contribution is -2.43. The van der Waals surface area contributed by atoms with Crippen LogP contribution in [0.5, 0.6) is 0 Å². The molecule has 0 fully saturated rings. The van der Waals surface area contributed by atoms with Gasteiger partial charge in [0.25, 0.3) is 10.0 Å². The third kappa shape index (κ3) is 4.77. The van der Waals surface area contributed by atoms with Gasteiger partial charge in [0.2, 0.25) is 5.91 Å². The van der Waals surface area contributed by atoms with Crippen LogP contribution in [-0.4, -0.2) is 33.2 Å². The molecule has 3 aromatic rings. The molecule has 32 heavy (non-hydrogen) atoms. The van der Waals surface area contributed by atoms with E-state index in [4.69, 9.17) is 11.6 Å². The first-order valence-electron chi connectivity index (χ1n) is 9.87. The highest BCUT2D eigenvalue weighted by Crippen LogP contribution is 2.42. The summed E-state index contributed by atoms with van der Waals surface area (Å²) in [6.07, 6.45) is 0. The van der Waals surface area contributed by atoms with Gasteiger partial charge in [0.1, 0.15) is 12.4 Å². The molecular weight excluding hydrogens is 471 g/mol. The molecule has 1 aliphatic heterocycles. The number of amides is 1. The molecule has 166 valence electrons. The van der Waals surface area contributed by atoms with Crippen LogP contribution < -0.4 is 9.62 Å². The number of rotatable bonds is 7. The minimum absolute atomic E-state index is 0.0583. The van der Waals surface area contributed by atoms with Gasteiger partial charge in [0.15, 0.2) is 0 Å². The number of hydrogen-bond donors (Lipinski definition) is 1. The van der Waals surface area contributed by atoms with Gasteiger partial charge in [-0.1, -0.05) is 41.9 Å². The van der Waals surface area contributed by atoms with E-state index in [9.17, 15) is 17.6 Å². The van der Waals surface area contributed by atoms with Crippen LogP contribution in [0.3, 0.4) is 0 Å². The van der Waals surface area contributed by atoms with E-state index in [1.807, 2.05) is 24.3 Å². The minimum Gasteiger partial charge on any atom is -0.354 e. The molecule has 0 unspecified atom stereocenters. The summed E-state index contributed by atoms with van der Waals surface area (Å²) in [5.41, 5.74) is 2.25. The summed E-state index contributed by atoms with van der Waals surface area (Å²) < 4.78 is 41.3. The molecule has 0 aromatic heterocycles. The predicted molar refractivity (Wildman–Crippen MR) is 127 cm³/mol. The van der Waals surface area contributed by atoms with Crippen molar-refractivity contribution in [1.29, 1.82) is 0 Å². The molecule has 0 bridgehead atoms. The van der Waals surface area contributed by atoms with Crippen molar-refractivity contribution in [2.24, 2.45) is 0 Å². The lowest BCUT2D eigenvalue weighted by molar-refractivity contribution is -0.119. The molecule has 5 nitrogen and oxygen atoms in total. The van der Waals surface area contributed by atoms with Gasteiger partial charge in [-0.15, -0.1) is 0 Å². The second-order valence-electron chi connectivity index (χ2n) is 7.20. The molecule has 4 rings (SSSR count). The number of nitrogens with one attached hydrogen (secondary N) is 1. The van der Waals surface area contributed by atoms with Crippen LogP contribution in [0, 0.1) is 5.82 Å². The maximum absolute atomic E-state index is 13.9. The van der Waals surface area contributed by atoms with E-state index >= 15 is 0 Å². The van der Waals surface area contributed by atoms with Gasteiger partial charge >= 0.3 is 0 Å². The van der Waals surface area contributed by atoms with Crippen LogP contribution in [-0.2, 0) is 20.6 Å². The number of nitrogens with zero attached hydrogens (tertiary/aromatic N) is 1. The van der Waals surface area contributed by atoms with E-state index in [2.05, 4.69) is 5.32 Å². The largest absolute Gasteiger partial charge is 0.354 e. The topological polar surface area (TPSA) is 66.5 Å². The van der Waals surface area contributed by atoms with E-state index in [1.54, 1.807) is 30.0 Å². The number of benzene rings is 3. The number of thioether (sulfide) groups is 1. The lowest BCUT2D eigenvalue weighted by Gasteiger charge is -2.31. The number of carbonyl (C=O) groups excluding carboxylic acids is 1. The van der Waals surface area contributed by atoms with Gasteiger partial charge in [-0.2, -0.15) is 11.8 Å². The average molecular weight is 491 g/mol. The van der Waals surface area contributed by atoms with E-state index in [0.29, 0.717) is 28.4 Å². The number of halogens is 2. The Kier molecular flexibility index (Phi) is 6.74. The van der Waals surface area contributed by atoms with Crippen molar-refractivity contribution in [3.05, 3.63) is 83.1 Å². The summed E-state index contributed by atoms with van der Waals surface area (Å²) >= 11 is 7.61. The molecule has 0 aliphatic carbocycles. The molecule has 9 heteroatoms. The monoisotopic (exact) mass is 490 g/mol. The van der Waals surface area contributed by atoms with Gasteiger partial charge in [-0.05, 0) is 42.0 Å². The Bertz CT molecular complexity index is 1270. The predicted octanol–water partition coefficient (Wildman–Crippen LogP) is 4.70. The van der Waals surface area contributed by atoms with Crippen LogP contribution in [0.1, 0.15) is 5.56 Å². The van der Waals surface area contributed by atoms with Crippen LogP contribution in [0.25, 0.3) is 11.1 Å². The molecule has 0 atom stereocenters. The number of sulfonamides is 1. The maximum atomic E-state index is 13.9. The summed E-state index contributed by atoms with van der Waals surface area (Å²) in [5, 5.41) is 3.45. The zero-order valence-electron chi connectivity index (χ0n) is 16.9. The van der Waals surface area contributed by atoms with Gasteiger partial charge in [0, 0.05) is 34.2 Å². The van der Waals surface area contributed by atoms with E-state index in [-0.39, 0.29) is 17.1 Å². The van der Waals surface area contributed by atoms with Crippen molar-refractivity contribution < 1.29 is 17.6 Å². The molecule has 1 heterocycles. The molecule has 0 radical (unpaired) electrons. The fourth-order valence-corrected chi connectivity index (χ4v) is 6.21. The Morgan fingerprint density at radius 3 is 2.66 bits per heavy atom. The van der Waals surface area contributed by atoms with E-state index in [1.165, 1.54) is 24.3 Å². The zero-order valence-corrected chi connectivity index (χ0v) is 19.3. The van der Waals surface area contributed by atoms with Crippen molar-refractivity contribution in [2.45, 2.75) is 10.6 Å². The second-order valence-corrected chi connectivity index (χ2v) is 10.6. The van der Waals surface area contributed by atoms with Gasteiger partial charge in [-0.25, -0.2) is 12.8 Å². The SMILES string of the molecule is O=C(CN1c2ccc(F)cc2-c2ccccc2S1(=O)=O)NCCSCc1cccc(Cl)c1. The van der Waals surface area contributed by atoms with Gasteiger partial charge in [0.05, 0.1) is 10.6 Å². The van der Waals surface area contributed by atoms with Crippen LogP contribution in [0.15, 0.2) is 71.6 Å². The maximum Gasteiger partial charge on any atom is 0.265 e. The number of carbonyl (C=O) groups is 1. The molecular formula is C23H20ClFN2O3S2. The minimum atomic E-state index is -3.95. The summed E-state index contributed by atoms with van der Waals surface area (Å²) in [6, 6.07) is 17.9. The first-order chi connectivity index (χ1) is 15.4. The van der Waals surface area contributed by atoms with Crippen molar-refractivity contribution in [2.75, 3.05) is 23.1 Å². The number of fused-ring (bicyclic) bond motifs is 3. The number of anilines is 1. The van der Waals surface area contributed by atoms with Crippen LogP contribution >= 0.6 is 23.4 Å². The fourth-order valence-electron chi connectivity index (χ4n) is 3.54. The lowest BCUT2D eigenvalue weighted by atomic mass is 10.0. The average Bonchev–Trinajstić information content (AvgIpc) is 2.77. The summed E-state index contributed by atoms with van der Waals surface area (Å²) in [4.78, 5) is 12.6. The first-order valence-corrected chi connectivity index (χ1v) is 12.8. The highest BCUT2D eigenvalue weighted by atomic mass is 35.5. The Hall–Kier alpha value is -2.55. The normalized spacial score (nSPS) is 13.9. The molecule has 3 aromatic carbocycles. The van der Waals surface area contributed by atoms with Crippen molar-refractivity contribution in [3.8, 4) is 11.1 Å². The van der Waals surface area contributed by atoms with Gasteiger partial charge < -0.3 is 5.32 Å². The highest BCUT2D eigenvalue weighted by molar-refractivity contribution is 7.98. The van der Waals surface area contributed by atoms with Crippen LogP contribution in [0.2, 0.25) is 5.02 Å². The van der Waals surface area contributed by atoms with Crippen molar-refractivity contribution >= 4 is 45.0 Å². The van der Waals surface area contributed by atoms with Crippen LogP contribution in [0.4, 0.5) is 10.1 Å². The standard InChI is InChI=1S/C23H20ClFN2O3S2/c24-17-5-3-4-16(12-17)15-31-11-10-26-23(28)14-27-21-9-8-18(25)13-20(21)19-6-1-2-7-22(19)32(27,29)30/h1-9,12-13H,10-11,14-15H2,(H,26,28). The third-order valence-electron chi connectivity index (χ3n) is 4.99. The first kappa shape index (κ1) is 22.6. The molecule has 1 N–H and O–H groups in total. The third-order valence-corrected chi connectivity index (χ3v) is 8.07. The molecule has 0 saturated heterocycles. The summed E-state index contributed by atoms with van der Waals surface area (Å²) in [5.74, 6) is 0.521. The van der Waals surface area contributed by atoms with Gasteiger partial charge in [-0.3, -0.25) is 9.10 Å². The molecule has 0 spiro atoms. The highest BCUT2D eigenvalue weighted by Gasteiger charge is 2.35. The summed E-state index contributed by atoms with van der Waals surface area (Å²) in [7, 11) is -3.95. The Morgan fingerprint density at radius 1 is 1.03 bits per heavy atom. The quantitative estimate of drug-likeness (QED) is 0.487. The number of hydrogen-bond acceptors (Lipinski definition) is 4.